The lowest BCUT2D eigenvalue weighted by Crippen LogP contribution is -2.30. The van der Waals surface area contributed by atoms with E-state index in [0.717, 1.165) is 102 Å². The van der Waals surface area contributed by atoms with Crippen molar-refractivity contribution in [3.63, 3.8) is 0 Å². The van der Waals surface area contributed by atoms with Crippen LogP contribution in [0.15, 0.2) is 0 Å². The number of rotatable bonds is 83. The SMILES string of the molecule is CCCCCCCCCCCCCCCCC(=O)O[C@H](COC(=O)CCCCCCCCCCCCCCC)COP(=O)(O)OC[C@H](O)COP(=O)(O)OC[C@@H](COC(=O)CCCCCCCCCCCCCCCCC(C)C)OC(=O)CCCCCCCCCCCCCCCCCCC(C)C. The van der Waals surface area contributed by atoms with Gasteiger partial charge in [-0.05, 0) is 37.5 Å². The topological polar surface area (TPSA) is 237 Å². The molecular formula is C84H164O17P2. The molecule has 0 spiro atoms. The molecule has 2 unspecified atom stereocenters. The van der Waals surface area contributed by atoms with Crippen LogP contribution in [0.1, 0.15) is 446 Å². The van der Waals surface area contributed by atoms with Gasteiger partial charge in [0, 0.05) is 25.7 Å². The molecule has 3 N–H and O–H groups in total. The maximum absolute atomic E-state index is 13.1. The van der Waals surface area contributed by atoms with E-state index in [2.05, 4.69) is 41.5 Å². The normalized spacial score (nSPS) is 13.9. The summed E-state index contributed by atoms with van der Waals surface area (Å²) in [6.07, 6.45) is 66.4. The lowest BCUT2D eigenvalue weighted by molar-refractivity contribution is -0.161. The minimum atomic E-state index is -4.96. The molecule has 17 nitrogen and oxygen atoms in total. The van der Waals surface area contributed by atoms with Gasteiger partial charge in [0.25, 0.3) is 0 Å². The van der Waals surface area contributed by atoms with Crippen LogP contribution in [-0.2, 0) is 65.4 Å². The molecule has 0 heterocycles. The molecule has 0 rings (SSSR count). The Labute approximate surface area is 632 Å². The van der Waals surface area contributed by atoms with Crippen LogP contribution in [0.4, 0.5) is 0 Å². The van der Waals surface area contributed by atoms with Gasteiger partial charge in [-0.1, -0.05) is 395 Å². The van der Waals surface area contributed by atoms with Crippen molar-refractivity contribution in [3.8, 4) is 0 Å². The lowest BCUT2D eigenvalue weighted by atomic mass is 10.0. The first-order valence-electron chi connectivity index (χ1n) is 43.5. The van der Waals surface area contributed by atoms with Crippen LogP contribution < -0.4 is 0 Å². The first kappa shape index (κ1) is 101. The monoisotopic (exact) mass is 1510 g/mol. The van der Waals surface area contributed by atoms with E-state index in [-0.39, 0.29) is 25.7 Å². The molecule has 612 valence electrons. The number of aliphatic hydroxyl groups is 1. The number of esters is 4. The summed E-state index contributed by atoms with van der Waals surface area (Å²) >= 11 is 0. The Kier molecular flexibility index (Phi) is 74.1. The number of phosphoric ester groups is 2. The molecular weight excluding hydrogens is 1340 g/mol. The fourth-order valence-electron chi connectivity index (χ4n) is 13.1. The van der Waals surface area contributed by atoms with Crippen molar-refractivity contribution in [1.82, 2.24) is 0 Å². The fourth-order valence-corrected chi connectivity index (χ4v) is 14.6. The van der Waals surface area contributed by atoms with Crippen LogP contribution in [0.5, 0.6) is 0 Å². The highest BCUT2D eigenvalue weighted by atomic mass is 31.2. The predicted octanol–water partition coefficient (Wildman–Crippen LogP) is 25.5. The van der Waals surface area contributed by atoms with Crippen LogP contribution in [0.3, 0.4) is 0 Å². The maximum atomic E-state index is 13.1. The number of carbonyl (C=O) groups is 4. The van der Waals surface area contributed by atoms with E-state index in [1.165, 1.54) is 263 Å². The molecule has 103 heavy (non-hydrogen) atoms. The second-order valence-electron chi connectivity index (χ2n) is 31.2. The quantitative estimate of drug-likeness (QED) is 0.0222. The highest BCUT2D eigenvalue weighted by molar-refractivity contribution is 7.47. The van der Waals surface area contributed by atoms with Crippen molar-refractivity contribution in [2.75, 3.05) is 39.6 Å². The minimum absolute atomic E-state index is 0.108. The number of hydrogen-bond donors (Lipinski definition) is 3. The predicted molar refractivity (Wildman–Crippen MR) is 423 cm³/mol. The van der Waals surface area contributed by atoms with Gasteiger partial charge in [-0.15, -0.1) is 0 Å². The Bertz CT molecular complexity index is 1980. The smallest absolute Gasteiger partial charge is 0.462 e. The number of carbonyl (C=O) groups excluding carboxylic acids is 4. The molecule has 0 radical (unpaired) electrons. The second kappa shape index (κ2) is 75.5. The van der Waals surface area contributed by atoms with Gasteiger partial charge < -0.3 is 33.8 Å². The summed E-state index contributed by atoms with van der Waals surface area (Å²) in [5.41, 5.74) is 0. The third kappa shape index (κ3) is 78.0. The summed E-state index contributed by atoms with van der Waals surface area (Å²) in [6.45, 7) is 9.72. The summed E-state index contributed by atoms with van der Waals surface area (Å²) in [5.74, 6) is -0.493. The van der Waals surface area contributed by atoms with Gasteiger partial charge in [-0.25, -0.2) is 9.13 Å². The Balaban J connectivity index is 5.26. The third-order valence-electron chi connectivity index (χ3n) is 19.7. The highest BCUT2D eigenvalue weighted by Gasteiger charge is 2.30. The summed E-state index contributed by atoms with van der Waals surface area (Å²) in [6, 6.07) is 0. The molecule has 0 amide bonds. The number of phosphoric acid groups is 2. The van der Waals surface area contributed by atoms with Crippen molar-refractivity contribution in [2.24, 2.45) is 11.8 Å². The van der Waals surface area contributed by atoms with E-state index < -0.39 is 97.5 Å². The van der Waals surface area contributed by atoms with Crippen LogP contribution >= 0.6 is 15.6 Å². The van der Waals surface area contributed by atoms with Gasteiger partial charge >= 0.3 is 39.5 Å². The number of ether oxygens (including phenoxy) is 4. The van der Waals surface area contributed by atoms with Crippen LogP contribution in [0, 0.1) is 11.8 Å². The summed E-state index contributed by atoms with van der Waals surface area (Å²) < 4.78 is 68.9. The lowest BCUT2D eigenvalue weighted by Gasteiger charge is -2.21. The van der Waals surface area contributed by atoms with Gasteiger partial charge in [0.2, 0.25) is 0 Å². The first-order valence-corrected chi connectivity index (χ1v) is 46.5. The van der Waals surface area contributed by atoms with E-state index >= 15 is 0 Å². The van der Waals surface area contributed by atoms with Crippen LogP contribution in [0.25, 0.3) is 0 Å². The number of hydrogen-bond acceptors (Lipinski definition) is 15. The zero-order valence-corrected chi connectivity index (χ0v) is 69.4. The molecule has 0 fully saturated rings. The Morgan fingerprint density at radius 2 is 0.447 bits per heavy atom. The summed E-state index contributed by atoms with van der Waals surface area (Å²) in [5, 5.41) is 10.7. The van der Waals surface area contributed by atoms with Crippen LogP contribution in [0.2, 0.25) is 0 Å². The molecule has 5 atom stereocenters. The Morgan fingerprint density at radius 3 is 0.660 bits per heavy atom. The Morgan fingerprint density at radius 1 is 0.262 bits per heavy atom. The molecule has 0 aromatic carbocycles. The first-order chi connectivity index (χ1) is 49.9. The van der Waals surface area contributed by atoms with E-state index in [0.29, 0.717) is 25.7 Å². The average molecular weight is 1510 g/mol. The van der Waals surface area contributed by atoms with Gasteiger partial charge in [-0.3, -0.25) is 37.3 Å². The molecule has 0 bridgehead atoms. The molecule has 0 aliphatic carbocycles. The zero-order chi connectivity index (χ0) is 75.6. The van der Waals surface area contributed by atoms with Gasteiger partial charge in [-0.2, -0.15) is 0 Å². The highest BCUT2D eigenvalue weighted by Crippen LogP contribution is 2.45. The number of unbranched alkanes of at least 4 members (excludes halogenated alkanes) is 53. The van der Waals surface area contributed by atoms with E-state index in [1.54, 1.807) is 0 Å². The van der Waals surface area contributed by atoms with Crippen molar-refractivity contribution < 1.29 is 80.2 Å². The second-order valence-corrected chi connectivity index (χ2v) is 34.1. The molecule has 0 saturated carbocycles. The molecule has 0 saturated heterocycles. The van der Waals surface area contributed by atoms with E-state index in [4.69, 9.17) is 37.0 Å². The van der Waals surface area contributed by atoms with E-state index in [9.17, 15) is 43.2 Å². The zero-order valence-electron chi connectivity index (χ0n) is 67.6. The van der Waals surface area contributed by atoms with Crippen LogP contribution in [-0.4, -0.2) is 96.7 Å². The van der Waals surface area contributed by atoms with Crippen molar-refractivity contribution in [2.45, 2.75) is 464 Å². The average Bonchev–Trinajstić information content (AvgIpc) is 0.915. The molecule has 0 aliphatic rings. The van der Waals surface area contributed by atoms with Crippen molar-refractivity contribution in [1.29, 1.82) is 0 Å². The number of aliphatic hydroxyl groups excluding tert-OH is 1. The fraction of sp³-hybridized carbons (Fsp3) is 0.952. The summed E-state index contributed by atoms with van der Waals surface area (Å²) in [4.78, 5) is 73.2. The van der Waals surface area contributed by atoms with Gasteiger partial charge in [0.1, 0.15) is 19.3 Å². The van der Waals surface area contributed by atoms with E-state index in [1.807, 2.05) is 0 Å². The Hall–Kier alpha value is -1.94. The van der Waals surface area contributed by atoms with Crippen molar-refractivity contribution >= 4 is 39.5 Å². The molecule has 0 aromatic heterocycles. The third-order valence-corrected chi connectivity index (χ3v) is 21.6. The largest absolute Gasteiger partial charge is 0.472 e. The standard InChI is InChI=1S/C84H164O17P2/c1-7-9-11-13-15-17-19-21-31-38-44-50-56-62-68-83(88)100-79(72-94-81(86)66-60-54-48-42-36-28-20-18-16-14-12-10-8-2)74-98-102(90,91)96-70-78(85)71-97-103(92,93)99-75-80(73-95-82(87)67-61-55-49-43-37-32-27-26-30-35-41-47-53-59-65-77(5)6)101-84(89)69-63-57-51-45-39-33-25-23-22-24-29-34-40-46-52-58-64-76(3)4/h76-80,85H,7-75H2,1-6H3,(H,90,91)(H,92,93)/t78-,79+,80+/m0/s1. The molecule has 0 aliphatic heterocycles. The van der Waals surface area contributed by atoms with Crippen molar-refractivity contribution in [3.05, 3.63) is 0 Å². The molecule has 0 aromatic rings. The van der Waals surface area contributed by atoms with Gasteiger partial charge in [0.05, 0.1) is 26.4 Å². The minimum Gasteiger partial charge on any atom is -0.462 e. The summed E-state index contributed by atoms with van der Waals surface area (Å²) in [7, 11) is -9.93. The van der Waals surface area contributed by atoms with Gasteiger partial charge in [0.15, 0.2) is 12.2 Å². The molecule has 19 heteroatoms. The maximum Gasteiger partial charge on any atom is 0.472 e.